The second-order valence-electron chi connectivity index (χ2n) is 4.45. The largest absolute Gasteiger partial charge is 0.383 e. The Bertz CT molecular complexity index is 367. The molecule has 1 unspecified atom stereocenters. The Labute approximate surface area is 107 Å². The van der Waals surface area contributed by atoms with E-state index >= 15 is 0 Å². The van der Waals surface area contributed by atoms with Crippen LogP contribution in [-0.2, 0) is 11.2 Å². The fourth-order valence-corrected chi connectivity index (χ4v) is 3.32. The minimum atomic E-state index is 0.444. The molecule has 1 aromatic rings. The predicted octanol–water partition coefficient (Wildman–Crippen LogP) is 1.82. The highest BCUT2D eigenvalue weighted by molar-refractivity contribution is 7.15. The molecule has 1 N–H and O–H groups in total. The second kappa shape index (κ2) is 5.80. The average Bonchev–Trinajstić information content (AvgIpc) is 2.79. The summed E-state index contributed by atoms with van der Waals surface area (Å²) in [6.07, 6.45) is 3.65. The molecule has 1 heterocycles. The van der Waals surface area contributed by atoms with Crippen LogP contribution < -0.4 is 10.2 Å². The van der Waals surface area contributed by atoms with E-state index in [-0.39, 0.29) is 0 Å². The van der Waals surface area contributed by atoms with Crippen LogP contribution in [0.2, 0.25) is 0 Å². The molecule has 0 aliphatic heterocycles. The van der Waals surface area contributed by atoms with E-state index in [0.29, 0.717) is 6.04 Å². The molecule has 1 aromatic heterocycles. The number of fused-ring (bicyclic) bond motifs is 1. The van der Waals surface area contributed by atoms with Crippen LogP contribution in [0.15, 0.2) is 0 Å². The molecule has 1 atom stereocenters. The fraction of sp³-hybridized carbons (Fsp3) is 0.750. The molecule has 0 fully saturated rings. The Morgan fingerprint density at radius 1 is 1.59 bits per heavy atom. The van der Waals surface area contributed by atoms with E-state index < -0.39 is 0 Å². The lowest BCUT2D eigenvalue weighted by Crippen LogP contribution is -2.23. The molecule has 0 aromatic carbocycles. The number of likely N-dealkylation sites (N-methyl/N-ethyl adjacent to an activating group) is 1. The summed E-state index contributed by atoms with van der Waals surface area (Å²) in [7, 11) is 5.84. The average molecular weight is 255 g/mol. The molecule has 4 nitrogen and oxygen atoms in total. The number of nitrogens with zero attached hydrogens (tertiary/aromatic N) is 2. The number of anilines is 1. The minimum Gasteiger partial charge on any atom is -0.383 e. The normalized spacial score (nSPS) is 19.1. The van der Waals surface area contributed by atoms with Crippen molar-refractivity contribution in [2.75, 3.05) is 39.3 Å². The lowest BCUT2D eigenvalue weighted by Gasteiger charge is -2.19. The van der Waals surface area contributed by atoms with Crippen molar-refractivity contribution in [2.24, 2.45) is 0 Å². The van der Waals surface area contributed by atoms with Crippen LogP contribution in [-0.4, -0.2) is 39.3 Å². The van der Waals surface area contributed by atoms with Crippen LogP contribution in [0.5, 0.6) is 0 Å². The van der Waals surface area contributed by atoms with Gasteiger partial charge in [0.15, 0.2) is 5.13 Å². The van der Waals surface area contributed by atoms with Crippen molar-refractivity contribution in [1.29, 1.82) is 0 Å². The number of nitrogens with one attached hydrogen (secondary N) is 1. The van der Waals surface area contributed by atoms with Gasteiger partial charge in [-0.05, 0) is 26.3 Å². The molecule has 0 amide bonds. The highest BCUT2D eigenvalue weighted by atomic mass is 32.1. The molecule has 0 saturated carbocycles. The zero-order valence-corrected chi connectivity index (χ0v) is 11.6. The third-order valence-corrected chi connectivity index (χ3v) is 4.49. The van der Waals surface area contributed by atoms with Gasteiger partial charge in [-0.1, -0.05) is 0 Å². The van der Waals surface area contributed by atoms with Crippen LogP contribution >= 0.6 is 11.3 Å². The maximum Gasteiger partial charge on any atom is 0.185 e. The van der Waals surface area contributed by atoms with Crippen LogP contribution in [0.3, 0.4) is 0 Å². The Balaban J connectivity index is 2.12. The molecule has 2 rings (SSSR count). The van der Waals surface area contributed by atoms with Crippen LogP contribution in [0.4, 0.5) is 5.13 Å². The first-order valence-electron chi connectivity index (χ1n) is 6.13. The summed E-state index contributed by atoms with van der Waals surface area (Å²) < 4.78 is 5.10. The lowest BCUT2D eigenvalue weighted by atomic mass is 9.98. The molecule has 0 saturated heterocycles. The van der Waals surface area contributed by atoms with E-state index in [1.54, 1.807) is 7.11 Å². The summed E-state index contributed by atoms with van der Waals surface area (Å²) in [4.78, 5) is 8.42. The molecule has 17 heavy (non-hydrogen) atoms. The van der Waals surface area contributed by atoms with Gasteiger partial charge in [-0.25, -0.2) is 4.98 Å². The molecular weight excluding hydrogens is 234 g/mol. The van der Waals surface area contributed by atoms with E-state index in [1.807, 2.05) is 18.4 Å². The number of hydrogen-bond acceptors (Lipinski definition) is 5. The van der Waals surface area contributed by atoms with Crippen molar-refractivity contribution >= 4 is 16.5 Å². The third kappa shape index (κ3) is 2.78. The van der Waals surface area contributed by atoms with Crippen LogP contribution in [0.1, 0.15) is 29.5 Å². The Morgan fingerprint density at radius 2 is 2.41 bits per heavy atom. The van der Waals surface area contributed by atoms with Gasteiger partial charge in [0.25, 0.3) is 0 Å². The Hall–Kier alpha value is -0.650. The van der Waals surface area contributed by atoms with Gasteiger partial charge in [0, 0.05) is 25.6 Å². The second-order valence-corrected chi connectivity index (χ2v) is 5.51. The number of methoxy groups -OCH3 is 1. The minimum absolute atomic E-state index is 0.444. The summed E-state index contributed by atoms with van der Waals surface area (Å²) in [5.74, 6) is 0. The first-order valence-corrected chi connectivity index (χ1v) is 6.95. The van der Waals surface area contributed by atoms with Gasteiger partial charge in [-0.15, -0.1) is 11.3 Å². The van der Waals surface area contributed by atoms with Gasteiger partial charge < -0.3 is 15.0 Å². The molecule has 96 valence electrons. The van der Waals surface area contributed by atoms with Crippen LogP contribution in [0, 0.1) is 0 Å². The third-order valence-electron chi connectivity index (χ3n) is 3.25. The molecule has 0 bridgehead atoms. The van der Waals surface area contributed by atoms with Gasteiger partial charge >= 0.3 is 0 Å². The molecule has 0 spiro atoms. The van der Waals surface area contributed by atoms with Crippen molar-refractivity contribution in [3.05, 3.63) is 10.6 Å². The molecule has 1 aliphatic rings. The van der Waals surface area contributed by atoms with Gasteiger partial charge in [0.05, 0.1) is 18.3 Å². The quantitative estimate of drug-likeness (QED) is 0.871. The van der Waals surface area contributed by atoms with Crippen molar-refractivity contribution in [1.82, 2.24) is 10.3 Å². The van der Waals surface area contributed by atoms with Crippen molar-refractivity contribution < 1.29 is 4.74 Å². The maximum atomic E-state index is 5.10. The maximum absolute atomic E-state index is 5.10. The summed E-state index contributed by atoms with van der Waals surface area (Å²) in [5, 5.41) is 4.48. The first kappa shape index (κ1) is 12.8. The fourth-order valence-electron chi connectivity index (χ4n) is 2.17. The van der Waals surface area contributed by atoms with Gasteiger partial charge in [-0.2, -0.15) is 0 Å². The van der Waals surface area contributed by atoms with E-state index in [9.17, 15) is 0 Å². The number of hydrogen-bond donors (Lipinski definition) is 1. The first-order chi connectivity index (χ1) is 8.26. The predicted molar refractivity (Wildman–Crippen MR) is 72.0 cm³/mol. The van der Waals surface area contributed by atoms with Crippen molar-refractivity contribution in [3.8, 4) is 0 Å². The molecule has 0 radical (unpaired) electrons. The monoisotopic (exact) mass is 255 g/mol. The standard InChI is InChI=1S/C12H21N3OS/c1-13-9-5-4-6-10-11(9)14-12(17-10)15(2)7-8-16-3/h9,13H,4-8H2,1-3H3. The summed E-state index contributed by atoms with van der Waals surface area (Å²) >= 11 is 1.83. The summed E-state index contributed by atoms with van der Waals surface area (Å²) in [6.45, 7) is 1.64. The van der Waals surface area contributed by atoms with E-state index in [1.165, 1.54) is 29.8 Å². The van der Waals surface area contributed by atoms with Gasteiger partial charge in [0.2, 0.25) is 0 Å². The lowest BCUT2D eigenvalue weighted by molar-refractivity contribution is 0.206. The SMILES string of the molecule is CNC1CCCc2sc(N(C)CCOC)nc21. The number of aryl methyl sites for hydroxylation is 1. The Morgan fingerprint density at radius 3 is 3.12 bits per heavy atom. The van der Waals surface area contributed by atoms with Crippen molar-refractivity contribution in [2.45, 2.75) is 25.3 Å². The number of ether oxygens (including phenoxy) is 1. The zero-order chi connectivity index (χ0) is 12.3. The van der Waals surface area contributed by atoms with Crippen LogP contribution in [0.25, 0.3) is 0 Å². The highest BCUT2D eigenvalue weighted by Crippen LogP contribution is 2.36. The number of aromatic nitrogens is 1. The molecule has 5 heteroatoms. The number of thiazole rings is 1. The summed E-state index contributed by atoms with van der Waals surface area (Å²) in [6, 6.07) is 0.444. The van der Waals surface area contributed by atoms with E-state index in [0.717, 1.165) is 18.3 Å². The zero-order valence-electron chi connectivity index (χ0n) is 10.8. The molecular formula is C12H21N3OS. The number of rotatable bonds is 5. The van der Waals surface area contributed by atoms with Gasteiger partial charge in [-0.3, -0.25) is 0 Å². The van der Waals surface area contributed by atoms with Gasteiger partial charge in [0.1, 0.15) is 0 Å². The smallest absolute Gasteiger partial charge is 0.185 e. The van der Waals surface area contributed by atoms with Crippen molar-refractivity contribution in [3.63, 3.8) is 0 Å². The molecule has 1 aliphatic carbocycles. The Kier molecular flexibility index (Phi) is 4.36. The summed E-state index contributed by atoms with van der Waals surface area (Å²) in [5.41, 5.74) is 1.27. The topological polar surface area (TPSA) is 37.4 Å². The van der Waals surface area contributed by atoms with E-state index in [2.05, 4.69) is 17.3 Å². The highest BCUT2D eigenvalue weighted by Gasteiger charge is 2.24. The van der Waals surface area contributed by atoms with E-state index in [4.69, 9.17) is 9.72 Å².